The molecule has 90 valence electrons. The molecule has 0 saturated carbocycles. The fraction of sp³-hybridized carbons (Fsp3) is 0.333. The van der Waals surface area contributed by atoms with Crippen molar-refractivity contribution in [2.45, 2.75) is 26.8 Å². The Morgan fingerprint density at radius 3 is 2.47 bits per heavy atom. The Morgan fingerprint density at radius 2 is 1.82 bits per heavy atom. The van der Waals surface area contributed by atoms with Crippen molar-refractivity contribution >= 4 is 0 Å². The van der Waals surface area contributed by atoms with Crippen molar-refractivity contribution in [2.24, 2.45) is 0 Å². The predicted octanol–water partition coefficient (Wildman–Crippen LogP) is 3.93. The fourth-order valence-corrected chi connectivity index (χ4v) is 1.87. The van der Waals surface area contributed by atoms with E-state index in [4.69, 9.17) is 4.42 Å². The molecule has 2 nitrogen and oxygen atoms in total. The normalized spacial score (nSPS) is 12.6. The largest absolute Gasteiger partial charge is 0.459 e. The van der Waals surface area contributed by atoms with Crippen LogP contribution in [0, 0.1) is 6.92 Å². The maximum Gasteiger partial charge on any atom is 0.134 e. The highest BCUT2D eigenvalue weighted by atomic mass is 16.3. The van der Waals surface area contributed by atoms with Gasteiger partial charge in [0, 0.05) is 5.56 Å². The minimum Gasteiger partial charge on any atom is -0.459 e. The quantitative estimate of drug-likeness (QED) is 0.859. The predicted molar refractivity (Wildman–Crippen MR) is 71.0 cm³/mol. The molecule has 1 unspecified atom stereocenters. The molecule has 0 aliphatic heterocycles. The lowest BCUT2D eigenvalue weighted by molar-refractivity contribution is 0.445. The van der Waals surface area contributed by atoms with E-state index in [0.29, 0.717) is 0 Å². The first-order chi connectivity index (χ1) is 8.20. The Hall–Kier alpha value is -1.54. The van der Waals surface area contributed by atoms with Crippen molar-refractivity contribution in [3.8, 4) is 11.3 Å². The average molecular weight is 229 g/mol. The van der Waals surface area contributed by atoms with Gasteiger partial charge in [-0.3, -0.25) is 0 Å². The summed E-state index contributed by atoms with van der Waals surface area (Å²) in [5.74, 6) is 1.92. The van der Waals surface area contributed by atoms with Gasteiger partial charge in [0.1, 0.15) is 11.5 Å². The highest BCUT2D eigenvalue weighted by Gasteiger charge is 2.09. The number of rotatable bonds is 4. The number of hydrogen-bond acceptors (Lipinski definition) is 2. The van der Waals surface area contributed by atoms with Gasteiger partial charge in [-0.15, -0.1) is 0 Å². The lowest BCUT2D eigenvalue weighted by Gasteiger charge is -2.08. The number of aryl methyl sites for hydroxylation is 1. The zero-order valence-corrected chi connectivity index (χ0v) is 10.7. The highest BCUT2D eigenvalue weighted by molar-refractivity contribution is 5.57. The molecule has 0 bridgehead atoms. The SMILES string of the molecule is CCNC(C)c1ccc(-c2ccc(C)cc2)o1. The smallest absolute Gasteiger partial charge is 0.134 e. The number of benzene rings is 1. The molecule has 0 spiro atoms. The summed E-state index contributed by atoms with van der Waals surface area (Å²) in [7, 11) is 0. The Bertz CT molecular complexity index is 470. The van der Waals surface area contributed by atoms with E-state index in [9.17, 15) is 0 Å². The van der Waals surface area contributed by atoms with E-state index in [1.54, 1.807) is 0 Å². The summed E-state index contributed by atoms with van der Waals surface area (Å²) in [6, 6.07) is 12.7. The molecule has 1 heterocycles. The third-order valence-electron chi connectivity index (χ3n) is 2.90. The number of hydrogen-bond donors (Lipinski definition) is 1. The van der Waals surface area contributed by atoms with Crippen molar-refractivity contribution in [3.05, 3.63) is 47.7 Å². The van der Waals surface area contributed by atoms with E-state index < -0.39 is 0 Å². The van der Waals surface area contributed by atoms with Gasteiger partial charge in [-0.05, 0) is 32.5 Å². The van der Waals surface area contributed by atoms with Crippen LogP contribution in [0.15, 0.2) is 40.8 Å². The standard InChI is InChI=1S/C15H19NO/c1-4-16-12(3)14-9-10-15(17-14)13-7-5-11(2)6-8-13/h5-10,12,16H,4H2,1-3H3. The molecule has 0 radical (unpaired) electrons. The monoisotopic (exact) mass is 229 g/mol. The first kappa shape index (κ1) is 11.9. The Balaban J connectivity index is 2.20. The van der Waals surface area contributed by atoms with Gasteiger partial charge in [-0.2, -0.15) is 0 Å². The second kappa shape index (κ2) is 5.19. The van der Waals surface area contributed by atoms with Crippen molar-refractivity contribution in [1.29, 1.82) is 0 Å². The van der Waals surface area contributed by atoms with Crippen LogP contribution in [0.4, 0.5) is 0 Å². The Morgan fingerprint density at radius 1 is 1.12 bits per heavy atom. The van der Waals surface area contributed by atoms with Crippen LogP contribution >= 0.6 is 0 Å². The van der Waals surface area contributed by atoms with E-state index in [1.807, 2.05) is 12.1 Å². The molecule has 2 heteroatoms. The van der Waals surface area contributed by atoms with Crippen LogP contribution < -0.4 is 5.32 Å². The molecule has 1 N–H and O–H groups in total. The third-order valence-corrected chi connectivity index (χ3v) is 2.90. The summed E-state index contributed by atoms with van der Waals surface area (Å²) in [4.78, 5) is 0. The minimum absolute atomic E-state index is 0.263. The summed E-state index contributed by atoms with van der Waals surface area (Å²) in [5, 5.41) is 3.34. The van der Waals surface area contributed by atoms with Gasteiger partial charge in [0.2, 0.25) is 0 Å². The Labute approximate surface area is 103 Å². The molecular formula is C15H19NO. The molecule has 1 aromatic heterocycles. The zero-order valence-electron chi connectivity index (χ0n) is 10.7. The fourth-order valence-electron chi connectivity index (χ4n) is 1.87. The first-order valence-corrected chi connectivity index (χ1v) is 6.11. The number of nitrogens with one attached hydrogen (secondary N) is 1. The third kappa shape index (κ3) is 2.77. The topological polar surface area (TPSA) is 25.2 Å². The second-order valence-electron chi connectivity index (χ2n) is 4.35. The lowest BCUT2D eigenvalue weighted by Crippen LogP contribution is -2.16. The van der Waals surface area contributed by atoms with Gasteiger partial charge in [0.05, 0.1) is 6.04 Å². The van der Waals surface area contributed by atoms with Gasteiger partial charge in [0.15, 0.2) is 0 Å². The van der Waals surface area contributed by atoms with Crippen LogP contribution in [0.3, 0.4) is 0 Å². The van der Waals surface area contributed by atoms with E-state index in [2.05, 4.69) is 50.4 Å². The lowest BCUT2D eigenvalue weighted by atomic mass is 10.1. The zero-order chi connectivity index (χ0) is 12.3. The van der Waals surface area contributed by atoms with Crippen LogP contribution in [0.1, 0.15) is 31.2 Å². The van der Waals surface area contributed by atoms with Crippen molar-refractivity contribution in [2.75, 3.05) is 6.54 Å². The average Bonchev–Trinajstić information content (AvgIpc) is 2.80. The Kier molecular flexibility index (Phi) is 3.64. The molecule has 0 aliphatic carbocycles. The maximum atomic E-state index is 5.86. The van der Waals surface area contributed by atoms with Gasteiger partial charge in [0.25, 0.3) is 0 Å². The van der Waals surface area contributed by atoms with E-state index >= 15 is 0 Å². The molecule has 0 aliphatic rings. The summed E-state index contributed by atoms with van der Waals surface area (Å²) in [6.07, 6.45) is 0. The van der Waals surface area contributed by atoms with Crippen LogP contribution in [-0.2, 0) is 0 Å². The second-order valence-corrected chi connectivity index (χ2v) is 4.35. The van der Waals surface area contributed by atoms with Gasteiger partial charge < -0.3 is 9.73 Å². The molecule has 0 saturated heterocycles. The minimum atomic E-state index is 0.263. The molecule has 17 heavy (non-hydrogen) atoms. The van der Waals surface area contributed by atoms with Crippen molar-refractivity contribution in [3.63, 3.8) is 0 Å². The molecule has 0 amide bonds. The molecule has 2 rings (SSSR count). The van der Waals surface area contributed by atoms with Crippen LogP contribution in [0.25, 0.3) is 11.3 Å². The van der Waals surface area contributed by atoms with Crippen molar-refractivity contribution < 1.29 is 4.42 Å². The molecule has 1 aromatic carbocycles. The summed E-state index contributed by atoms with van der Waals surface area (Å²) >= 11 is 0. The first-order valence-electron chi connectivity index (χ1n) is 6.11. The van der Waals surface area contributed by atoms with E-state index in [-0.39, 0.29) is 6.04 Å². The van der Waals surface area contributed by atoms with Crippen LogP contribution in [0.2, 0.25) is 0 Å². The maximum absolute atomic E-state index is 5.86. The van der Waals surface area contributed by atoms with Gasteiger partial charge in [-0.1, -0.05) is 36.8 Å². The summed E-state index contributed by atoms with van der Waals surface area (Å²) in [6.45, 7) is 7.24. The summed E-state index contributed by atoms with van der Waals surface area (Å²) < 4.78 is 5.86. The number of furan rings is 1. The van der Waals surface area contributed by atoms with Crippen LogP contribution in [-0.4, -0.2) is 6.54 Å². The van der Waals surface area contributed by atoms with Crippen molar-refractivity contribution in [1.82, 2.24) is 5.32 Å². The van der Waals surface area contributed by atoms with Crippen LogP contribution in [0.5, 0.6) is 0 Å². The molecular weight excluding hydrogens is 210 g/mol. The highest BCUT2D eigenvalue weighted by Crippen LogP contribution is 2.25. The van der Waals surface area contributed by atoms with Gasteiger partial charge in [-0.25, -0.2) is 0 Å². The molecule has 0 fully saturated rings. The van der Waals surface area contributed by atoms with Gasteiger partial charge >= 0.3 is 0 Å². The van der Waals surface area contributed by atoms with E-state index in [0.717, 1.165) is 23.6 Å². The summed E-state index contributed by atoms with van der Waals surface area (Å²) in [5.41, 5.74) is 2.40. The molecule has 2 aromatic rings. The van der Waals surface area contributed by atoms with E-state index in [1.165, 1.54) is 5.56 Å². The molecule has 1 atom stereocenters.